The zero-order valence-corrected chi connectivity index (χ0v) is 15.8. The van der Waals surface area contributed by atoms with Crippen molar-refractivity contribution in [2.75, 3.05) is 7.11 Å². The SMILES string of the molecule is COC(=O)c1cc(CNC(=O)c2cc(C)n(-c3nccs3)c2C)oc1C. The van der Waals surface area contributed by atoms with Crippen molar-refractivity contribution in [2.45, 2.75) is 27.3 Å². The summed E-state index contributed by atoms with van der Waals surface area (Å²) in [4.78, 5) is 28.5. The number of thiazole rings is 1. The molecule has 3 heterocycles. The third kappa shape index (κ3) is 3.28. The summed E-state index contributed by atoms with van der Waals surface area (Å²) >= 11 is 1.51. The Balaban J connectivity index is 1.75. The van der Waals surface area contributed by atoms with Gasteiger partial charge in [0.05, 0.1) is 19.2 Å². The predicted molar refractivity (Wildman–Crippen MR) is 96.9 cm³/mol. The van der Waals surface area contributed by atoms with Crippen molar-refractivity contribution in [2.24, 2.45) is 0 Å². The molecule has 3 rings (SSSR count). The van der Waals surface area contributed by atoms with Gasteiger partial charge in [-0.1, -0.05) is 0 Å². The van der Waals surface area contributed by atoms with E-state index in [4.69, 9.17) is 9.15 Å². The maximum absolute atomic E-state index is 12.6. The number of hydrogen-bond donors (Lipinski definition) is 1. The molecule has 0 saturated heterocycles. The maximum atomic E-state index is 12.6. The second kappa shape index (κ2) is 7.17. The van der Waals surface area contributed by atoms with Gasteiger partial charge in [-0.15, -0.1) is 11.3 Å². The van der Waals surface area contributed by atoms with Crippen molar-refractivity contribution in [1.29, 1.82) is 0 Å². The lowest BCUT2D eigenvalue weighted by molar-refractivity contribution is 0.0598. The second-order valence-electron chi connectivity index (χ2n) is 5.79. The molecule has 0 atom stereocenters. The highest BCUT2D eigenvalue weighted by Crippen LogP contribution is 2.22. The first-order valence-electron chi connectivity index (χ1n) is 7.97. The number of carbonyl (C=O) groups is 2. The van der Waals surface area contributed by atoms with E-state index < -0.39 is 5.97 Å². The molecule has 7 nitrogen and oxygen atoms in total. The Morgan fingerprint density at radius 1 is 1.27 bits per heavy atom. The first-order chi connectivity index (χ1) is 12.4. The Morgan fingerprint density at radius 3 is 2.69 bits per heavy atom. The Kier molecular flexibility index (Phi) is 4.94. The third-order valence-electron chi connectivity index (χ3n) is 4.08. The number of furan rings is 1. The van der Waals surface area contributed by atoms with Crippen LogP contribution in [0.1, 0.15) is 43.6 Å². The standard InChI is InChI=1S/C18H19N3O4S/c1-10-7-14(11(2)21(10)18-19-5-6-26-18)16(22)20-9-13-8-15(12(3)25-13)17(23)24-4/h5-8H,9H2,1-4H3,(H,20,22). The molecule has 0 aliphatic carbocycles. The average molecular weight is 373 g/mol. The van der Waals surface area contributed by atoms with Crippen molar-refractivity contribution in [1.82, 2.24) is 14.9 Å². The molecule has 0 aromatic carbocycles. The second-order valence-corrected chi connectivity index (χ2v) is 6.66. The lowest BCUT2D eigenvalue weighted by Crippen LogP contribution is -2.23. The summed E-state index contributed by atoms with van der Waals surface area (Å²) in [6.07, 6.45) is 1.73. The van der Waals surface area contributed by atoms with Gasteiger partial charge >= 0.3 is 5.97 Å². The lowest BCUT2D eigenvalue weighted by Gasteiger charge is -2.06. The van der Waals surface area contributed by atoms with Gasteiger partial charge in [0.1, 0.15) is 17.1 Å². The van der Waals surface area contributed by atoms with E-state index in [2.05, 4.69) is 10.3 Å². The van der Waals surface area contributed by atoms with Crippen LogP contribution in [-0.4, -0.2) is 28.5 Å². The number of carbonyl (C=O) groups excluding carboxylic acids is 2. The summed E-state index contributed by atoms with van der Waals surface area (Å²) in [6.45, 7) is 5.68. The van der Waals surface area contributed by atoms with Crippen molar-refractivity contribution in [3.8, 4) is 5.13 Å². The van der Waals surface area contributed by atoms with Crippen molar-refractivity contribution in [3.05, 3.63) is 57.7 Å². The number of methoxy groups -OCH3 is 1. The van der Waals surface area contributed by atoms with Gasteiger partial charge in [0, 0.05) is 23.0 Å². The van der Waals surface area contributed by atoms with Crippen molar-refractivity contribution >= 4 is 23.2 Å². The minimum atomic E-state index is -0.462. The Bertz CT molecular complexity index is 954. The Labute approximate surface area is 154 Å². The number of aryl methyl sites for hydroxylation is 2. The highest BCUT2D eigenvalue weighted by molar-refractivity contribution is 7.12. The molecule has 0 bridgehead atoms. The largest absolute Gasteiger partial charge is 0.465 e. The number of ether oxygens (including phenoxy) is 1. The molecule has 26 heavy (non-hydrogen) atoms. The van der Waals surface area contributed by atoms with Gasteiger partial charge < -0.3 is 14.5 Å². The van der Waals surface area contributed by atoms with E-state index in [1.165, 1.54) is 18.4 Å². The summed E-state index contributed by atoms with van der Waals surface area (Å²) < 4.78 is 12.2. The van der Waals surface area contributed by atoms with Crippen LogP contribution in [0.5, 0.6) is 0 Å². The van der Waals surface area contributed by atoms with Crippen LogP contribution >= 0.6 is 11.3 Å². The van der Waals surface area contributed by atoms with Crippen LogP contribution in [0, 0.1) is 20.8 Å². The van der Waals surface area contributed by atoms with E-state index in [0.29, 0.717) is 22.6 Å². The van der Waals surface area contributed by atoms with Gasteiger partial charge in [0.15, 0.2) is 5.13 Å². The molecule has 1 amide bonds. The number of nitrogens with zero attached hydrogens (tertiary/aromatic N) is 2. The molecular weight excluding hydrogens is 354 g/mol. The first-order valence-corrected chi connectivity index (χ1v) is 8.85. The number of amides is 1. The normalized spacial score (nSPS) is 10.8. The fraction of sp³-hybridized carbons (Fsp3) is 0.278. The van der Waals surface area contributed by atoms with Crippen LogP contribution in [0.15, 0.2) is 28.1 Å². The molecule has 136 valence electrons. The number of rotatable bonds is 5. The van der Waals surface area contributed by atoms with Crippen molar-refractivity contribution in [3.63, 3.8) is 0 Å². The molecule has 0 aliphatic heterocycles. The van der Waals surface area contributed by atoms with Crippen LogP contribution in [-0.2, 0) is 11.3 Å². The molecule has 0 fully saturated rings. The highest BCUT2D eigenvalue weighted by Gasteiger charge is 2.19. The van der Waals surface area contributed by atoms with E-state index >= 15 is 0 Å². The van der Waals surface area contributed by atoms with Gasteiger partial charge in [0.2, 0.25) is 0 Å². The van der Waals surface area contributed by atoms with Crippen LogP contribution in [0.2, 0.25) is 0 Å². The molecule has 0 unspecified atom stereocenters. The molecule has 0 radical (unpaired) electrons. The molecule has 3 aromatic rings. The zero-order valence-electron chi connectivity index (χ0n) is 15.0. The molecule has 0 spiro atoms. The topological polar surface area (TPSA) is 86.4 Å². The fourth-order valence-electron chi connectivity index (χ4n) is 2.82. The molecule has 3 aromatic heterocycles. The fourth-order valence-corrected chi connectivity index (χ4v) is 3.57. The summed E-state index contributed by atoms with van der Waals surface area (Å²) in [5.41, 5.74) is 2.69. The van der Waals surface area contributed by atoms with E-state index in [1.807, 2.05) is 29.9 Å². The zero-order chi connectivity index (χ0) is 18.8. The average Bonchev–Trinajstić information content (AvgIpc) is 3.32. The van der Waals surface area contributed by atoms with Crippen LogP contribution in [0.25, 0.3) is 5.13 Å². The Hall–Kier alpha value is -2.87. The summed E-state index contributed by atoms with van der Waals surface area (Å²) in [6, 6.07) is 3.42. The minimum Gasteiger partial charge on any atom is -0.465 e. The smallest absolute Gasteiger partial charge is 0.341 e. The lowest BCUT2D eigenvalue weighted by atomic mass is 10.2. The van der Waals surface area contributed by atoms with Crippen LogP contribution in [0.4, 0.5) is 0 Å². The monoisotopic (exact) mass is 373 g/mol. The summed E-state index contributed by atoms with van der Waals surface area (Å²) in [5, 5.41) is 5.54. The van der Waals surface area contributed by atoms with E-state index in [1.54, 1.807) is 19.2 Å². The maximum Gasteiger partial charge on any atom is 0.341 e. The summed E-state index contributed by atoms with van der Waals surface area (Å²) in [5.74, 6) is 0.276. The molecule has 0 saturated carbocycles. The van der Waals surface area contributed by atoms with E-state index in [9.17, 15) is 9.59 Å². The molecule has 1 N–H and O–H groups in total. The van der Waals surface area contributed by atoms with Crippen LogP contribution < -0.4 is 5.32 Å². The number of aromatic nitrogens is 2. The highest BCUT2D eigenvalue weighted by atomic mass is 32.1. The molecule has 0 aliphatic rings. The van der Waals surface area contributed by atoms with Crippen LogP contribution in [0.3, 0.4) is 0 Å². The molecule has 8 heteroatoms. The minimum absolute atomic E-state index is 0.178. The first kappa shape index (κ1) is 17.9. The van der Waals surface area contributed by atoms with Crippen molar-refractivity contribution < 1.29 is 18.7 Å². The number of esters is 1. The summed E-state index contributed by atoms with van der Waals surface area (Å²) in [7, 11) is 1.31. The van der Waals surface area contributed by atoms with Gasteiger partial charge in [-0.05, 0) is 32.9 Å². The predicted octanol–water partition coefficient (Wildman–Crippen LogP) is 3.17. The van der Waals surface area contributed by atoms with Gasteiger partial charge in [-0.2, -0.15) is 0 Å². The number of hydrogen-bond acceptors (Lipinski definition) is 6. The van der Waals surface area contributed by atoms with Gasteiger partial charge in [-0.3, -0.25) is 9.36 Å². The molecular formula is C18H19N3O4S. The van der Waals surface area contributed by atoms with E-state index in [-0.39, 0.29) is 12.5 Å². The Morgan fingerprint density at radius 2 is 2.04 bits per heavy atom. The van der Waals surface area contributed by atoms with Gasteiger partial charge in [-0.25, -0.2) is 9.78 Å². The van der Waals surface area contributed by atoms with E-state index in [0.717, 1.165) is 16.5 Å². The van der Waals surface area contributed by atoms with Gasteiger partial charge in [0.25, 0.3) is 5.91 Å². The quantitative estimate of drug-likeness (QED) is 0.694. The third-order valence-corrected chi connectivity index (χ3v) is 4.84. The number of nitrogens with one attached hydrogen (secondary N) is 1.